The highest BCUT2D eigenvalue weighted by atomic mass is 16.6. The van der Waals surface area contributed by atoms with Crippen LogP contribution in [0.3, 0.4) is 0 Å². The molecule has 76 heavy (non-hydrogen) atoms. The summed E-state index contributed by atoms with van der Waals surface area (Å²) in [6.07, 6.45) is 85.7. The predicted octanol–water partition coefficient (Wildman–Crippen LogP) is 22.0. The topological polar surface area (TPSA) is 78.9 Å². The summed E-state index contributed by atoms with van der Waals surface area (Å²) >= 11 is 0. The van der Waals surface area contributed by atoms with Gasteiger partial charge in [-0.05, 0) is 116 Å². The predicted molar refractivity (Wildman–Crippen MR) is 330 cm³/mol. The van der Waals surface area contributed by atoms with Crippen molar-refractivity contribution in [1.29, 1.82) is 0 Å². The summed E-state index contributed by atoms with van der Waals surface area (Å²) in [6.45, 7) is 6.40. The van der Waals surface area contributed by atoms with E-state index in [-0.39, 0.29) is 31.1 Å². The summed E-state index contributed by atoms with van der Waals surface area (Å²) in [5.41, 5.74) is 0. The Labute approximate surface area is 470 Å². The van der Waals surface area contributed by atoms with Gasteiger partial charge in [0.2, 0.25) is 0 Å². The van der Waals surface area contributed by atoms with Crippen molar-refractivity contribution in [3.8, 4) is 0 Å². The fraction of sp³-hybridized carbons (Fsp3) is 0.729. The number of carbonyl (C=O) groups is 3. The van der Waals surface area contributed by atoms with Crippen molar-refractivity contribution >= 4 is 17.9 Å². The number of esters is 3. The van der Waals surface area contributed by atoms with Crippen LogP contribution in [0.4, 0.5) is 0 Å². The van der Waals surface area contributed by atoms with Crippen LogP contribution in [0.25, 0.3) is 0 Å². The first kappa shape index (κ1) is 72.3. The Morgan fingerprint density at radius 2 is 0.513 bits per heavy atom. The molecule has 6 heteroatoms. The van der Waals surface area contributed by atoms with E-state index in [0.29, 0.717) is 19.3 Å². The van der Waals surface area contributed by atoms with Gasteiger partial charge >= 0.3 is 17.9 Å². The molecule has 0 aromatic heterocycles. The summed E-state index contributed by atoms with van der Waals surface area (Å²) in [5, 5.41) is 0. The van der Waals surface area contributed by atoms with Crippen molar-refractivity contribution < 1.29 is 28.6 Å². The minimum absolute atomic E-state index is 0.0882. The molecule has 0 N–H and O–H groups in total. The lowest BCUT2D eigenvalue weighted by Gasteiger charge is -2.18. The zero-order valence-corrected chi connectivity index (χ0v) is 50.0. The third kappa shape index (κ3) is 61.2. The number of ether oxygens (including phenoxy) is 3. The molecule has 0 spiro atoms. The number of carbonyl (C=O) groups excluding carboxylic acids is 3. The first-order chi connectivity index (χ1) is 37.5. The van der Waals surface area contributed by atoms with Crippen LogP contribution in [-0.2, 0) is 28.6 Å². The van der Waals surface area contributed by atoms with Crippen LogP contribution in [-0.4, -0.2) is 37.2 Å². The van der Waals surface area contributed by atoms with Gasteiger partial charge in [-0.15, -0.1) is 0 Å². The van der Waals surface area contributed by atoms with Gasteiger partial charge in [0.05, 0.1) is 0 Å². The van der Waals surface area contributed by atoms with E-state index >= 15 is 0 Å². The largest absolute Gasteiger partial charge is 0.462 e. The van der Waals surface area contributed by atoms with Crippen LogP contribution in [0.15, 0.2) is 97.2 Å². The molecule has 0 heterocycles. The molecule has 0 bridgehead atoms. The minimum atomic E-state index is -0.794. The molecule has 0 aliphatic rings. The van der Waals surface area contributed by atoms with E-state index in [1.807, 2.05) is 0 Å². The van der Waals surface area contributed by atoms with Crippen molar-refractivity contribution in [2.45, 2.75) is 316 Å². The third-order valence-electron chi connectivity index (χ3n) is 13.8. The molecular weight excluding hydrogens is 937 g/mol. The molecule has 6 nitrogen and oxygen atoms in total. The van der Waals surface area contributed by atoms with Gasteiger partial charge in [-0.3, -0.25) is 14.4 Å². The van der Waals surface area contributed by atoms with Gasteiger partial charge in [0.15, 0.2) is 6.10 Å². The second kappa shape index (κ2) is 63.9. The zero-order valence-electron chi connectivity index (χ0n) is 50.0. The number of unbranched alkanes of at least 4 members (excludes halogenated alkanes) is 31. The highest BCUT2D eigenvalue weighted by molar-refractivity contribution is 5.71. The van der Waals surface area contributed by atoms with Gasteiger partial charge < -0.3 is 14.2 Å². The van der Waals surface area contributed by atoms with Crippen LogP contribution in [0.1, 0.15) is 310 Å². The van der Waals surface area contributed by atoms with Crippen molar-refractivity contribution in [2.24, 2.45) is 0 Å². The number of hydrogen-bond acceptors (Lipinski definition) is 6. The summed E-state index contributed by atoms with van der Waals surface area (Å²) in [6, 6.07) is 0. The Morgan fingerprint density at radius 1 is 0.276 bits per heavy atom. The molecule has 1 unspecified atom stereocenters. The fourth-order valence-electron chi connectivity index (χ4n) is 9.03. The fourth-order valence-corrected chi connectivity index (χ4v) is 9.03. The van der Waals surface area contributed by atoms with E-state index in [1.54, 1.807) is 0 Å². The Kier molecular flexibility index (Phi) is 60.8. The quantitative estimate of drug-likeness (QED) is 0.0261. The molecule has 0 saturated carbocycles. The lowest BCUT2D eigenvalue weighted by molar-refractivity contribution is -0.167. The number of allylic oxidation sites excluding steroid dienone is 16. The second-order valence-corrected chi connectivity index (χ2v) is 21.3. The molecule has 0 aliphatic heterocycles. The SMILES string of the molecule is CC/C=C\C/C=C\C/C=C\C/C=C\CCCCCCCCCCCCCCCCCCC(=O)OCC(COC(=O)CCCCC/C=C\C/C=C\C/C=C\CC)OC(=O)CCCCCCC/C=C\CCCCCCCCC. The van der Waals surface area contributed by atoms with E-state index in [0.717, 1.165) is 122 Å². The Hall–Kier alpha value is -3.67. The smallest absolute Gasteiger partial charge is 0.306 e. The molecule has 0 fully saturated rings. The molecule has 0 saturated heterocycles. The zero-order chi connectivity index (χ0) is 55.0. The Bertz CT molecular complexity index is 1490. The van der Waals surface area contributed by atoms with Gasteiger partial charge in [-0.25, -0.2) is 0 Å². The van der Waals surface area contributed by atoms with Crippen LogP contribution < -0.4 is 0 Å². The van der Waals surface area contributed by atoms with Gasteiger partial charge in [0.1, 0.15) is 13.2 Å². The Morgan fingerprint density at radius 3 is 0.829 bits per heavy atom. The average Bonchev–Trinajstić information content (AvgIpc) is 3.42. The van der Waals surface area contributed by atoms with Crippen molar-refractivity contribution in [1.82, 2.24) is 0 Å². The second-order valence-electron chi connectivity index (χ2n) is 21.3. The minimum Gasteiger partial charge on any atom is -0.462 e. The van der Waals surface area contributed by atoms with E-state index in [1.165, 1.54) is 148 Å². The maximum atomic E-state index is 12.9. The van der Waals surface area contributed by atoms with E-state index in [9.17, 15) is 14.4 Å². The standard InChI is InChI=1S/C70H120O6/c1-4-7-10-13-16-19-22-25-27-29-30-31-32-33-34-35-36-37-38-39-40-41-43-45-48-51-54-57-60-63-69(72)75-66-67(65-74-68(71)62-59-56-53-50-47-44-24-21-18-15-12-9-6-3)76-70(73)64-61-58-55-52-49-46-42-28-26-23-20-17-14-11-8-5-2/h7,9-10,12,16,18-19,21,25,27-28,30-31,42,44,47,67H,4-6,8,11,13-15,17,20,22-24,26,29,32-41,43,45-46,48-66H2,1-3H3/b10-7-,12-9-,19-16-,21-18-,27-25-,31-30-,42-28-,47-44-. The van der Waals surface area contributed by atoms with Gasteiger partial charge in [-0.1, -0.05) is 272 Å². The van der Waals surface area contributed by atoms with Crippen molar-refractivity contribution in [3.05, 3.63) is 97.2 Å². The normalized spacial score (nSPS) is 12.7. The van der Waals surface area contributed by atoms with Crippen LogP contribution in [0.5, 0.6) is 0 Å². The van der Waals surface area contributed by atoms with E-state index < -0.39 is 6.10 Å². The molecule has 436 valence electrons. The number of rotatable bonds is 58. The molecule has 0 rings (SSSR count). The van der Waals surface area contributed by atoms with Crippen molar-refractivity contribution in [2.75, 3.05) is 13.2 Å². The molecule has 0 amide bonds. The lowest BCUT2D eigenvalue weighted by atomic mass is 10.0. The van der Waals surface area contributed by atoms with E-state index in [2.05, 4.69) is 118 Å². The Balaban J connectivity index is 4.24. The van der Waals surface area contributed by atoms with Crippen LogP contribution in [0.2, 0.25) is 0 Å². The highest BCUT2D eigenvalue weighted by Crippen LogP contribution is 2.16. The van der Waals surface area contributed by atoms with Gasteiger partial charge in [-0.2, -0.15) is 0 Å². The molecule has 0 aromatic rings. The molecule has 0 radical (unpaired) electrons. The molecule has 0 aliphatic carbocycles. The maximum Gasteiger partial charge on any atom is 0.306 e. The molecular formula is C70H120O6. The summed E-state index contributed by atoms with van der Waals surface area (Å²) < 4.78 is 16.9. The van der Waals surface area contributed by atoms with Crippen molar-refractivity contribution in [3.63, 3.8) is 0 Å². The monoisotopic (exact) mass is 1060 g/mol. The number of hydrogen-bond donors (Lipinski definition) is 0. The summed E-state index contributed by atoms with van der Waals surface area (Å²) in [7, 11) is 0. The molecule has 1 atom stereocenters. The van der Waals surface area contributed by atoms with Crippen LogP contribution >= 0.6 is 0 Å². The molecule has 0 aromatic carbocycles. The highest BCUT2D eigenvalue weighted by Gasteiger charge is 2.19. The third-order valence-corrected chi connectivity index (χ3v) is 13.8. The average molecular weight is 1060 g/mol. The van der Waals surface area contributed by atoms with E-state index in [4.69, 9.17) is 14.2 Å². The lowest BCUT2D eigenvalue weighted by Crippen LogP contribution is -2.30. The van der Waals surface area contributed by atoms with Gasteiger partial charge in [0, 0.05) is 19.3 Å². The first-order valence-electron chi connectivity index (χ1n) is 32.2. The van der Waals surface area contributed by atoms with Crippen LogP contribution in [0, 0.1) is 0 Å². The summed E-state index contributed by atoms with van der Waals surface area (Å²) in [4.78, 5) is 38.3. The van der Waals surface area contributed by atoms with Gasteiger partial charge in [0.25, 0.3) is 0 Å². The maximum absolute atomic E-state index is 12.9. The first-order valence-corrected chi connectivity index (χ1v) is 32.2. The summed E-state index contributed by atoms with van der Waals surface area (Å²) in [5.74, 6) is -0.917.